The first-order valence-electron chi connectivity index (χ1n) is 9.09. The second-order valence-electron chi connectivity index (χ2n) is 6.13. The van der Waals surface area contributed by atoms with Gasteiger partial charge in [0.2, 0.25) is 0 Å². The zero-order chi connectivity index (χ0) is 19.0. The monoisotopic (exact) mass is 428 g/mol. The molecule has 0 aliphatic carbocycles. The molecule has 0 aromatic rings. The molecular formula is C16H37NaO9S. The Morgan fingerprint density at radius 2 is 1.41 bits per heavy atom. The molecule has 0 aliphatic heterocycles. The number of rotatable bonds is 18. The van der Waals surface area contributed by atoms with Gasteiger partial charge in [-0.25, -0.2) is 9.07 Å². The Bertz CT molecular complexity index is 402. The predicted molar refractivity (Wildman–Crippen MR) is 98.4 cm³/mol. The standard InChI is InChI=1S/C16H34O8S.Na.H2O.H/c1-2-3-4-5-6-7-8-9-10-11-12-22-16(14-23-18)15(13-17)24-25(19,20)21;;;/h15-18H,2-14H2,1H3,(H,19,20,21);;1H2;/q;+1;;-1/t15-,16+;;;/m1.../s1. The van der Waals surface area contributed by atoms with Gasteiger partial charge in [0.15, 0.2) is 0 Å². The van der Waals surface area contributed by atoms with Gasteiger partial charge < -0.3 is 16.7 Å². The van der Waals surface area contributed by atoms with Crippen LogP contribution in [0.3, 0.4) is 0 Å². The number of hydrogen-bond donors (Lipinski definition) is 3. The normalized spacial score (nSPS) is 13.5. The van der Waals surface area contributed by atoms with Crippen LogP contribution >= 0.6 is 0 Å². The molecule has 0 saturated carbocycles. The molecule has 0 saturated heterocycles. The summed E-state index contributed by atoms with van der Waals surface area (Å²) in [5.41, 5.74) is 0. The molecule has 11 heteroatoms. The van der Waals surface area contributed by atoms with E-state index in [9.17, 15) is 8.42 Å². The molecule has 0 radical (unpaired) electrons. The Morgan fingerprint density at radius 1 is 0.926 bits per heavy atom. The van der Waals surface area contributed by atoms with Gasteiger partial charge in [-0.05, 0) is 6.42 Å². The molecule has 2 atom stereocenters. The molecule has 5 N–H and O–H groups in total. The number of aliphatic hydroxyl groups excluding tert-OH is 1. The quantitative estimate of drug-likeness (QED) is 0.0847. The molecule has 0 bridgehead atoms. The molecule has 9 nitrogen and oxygen atoms in total. The molecule has 0 aromatic carbocycles. The minimum Gasteiger partial charge on any atom is -1.00 e. The van der Waals surface area contributed by atoms with Crippen LogP contribution in [0.5, 0.6) is 0 Å². The zero-order valence-electron chi connectivity index (χ0n) is 17.6. The predicted octanol–water partition coefficient (Wildman–Crippen LogP) is -0.746. The third-order valence-electron chi connectivity index (χ3n) is 3.91. The van der Waals surface area contributed by atoms with Gasteiger partial charge in [0.05, 0.1) is 6.61 Å². The summed E-state index contributed by atoms with van der Waals surface area (Å²) in [6, 6.07) is 0. The van der Waals surface area contributed by atoms with Gasteiger partial charge in [0, 0.05) is 6.61 Å². The van der Waals surface area contributed by atoms with E-state index in [0.29, 0.717) is 6.61 Å². The third-order valence-corrected chi connectivity index (χ3v) is 4.40. The molecule has 162 valence electrons. The maximum absolute atomic E-state index is 10.7. The fourth-order valence-corrected chi connectivity index (χ4v) is 3.02. The van der Waals surface area contributed by atoms with Crippen molar-refractivity contribution in [1.82, 2.24) is 0 Å². The Balaban J connectivity index is -0.000000960. The maximum Gasteiger partial charge on any atom is 1.00 e. The zero-order valence-corrected chi connectivity index (χ0v) is 19.5. The smallest absolute Gasteiger partial charge is 1.00 e. The van der Waals surface area contributed by atoms with Crippen LogP contribution in [0.25, 0.3) is 0 Å². The average Bonchev–Trinajstić information content (AvgIpc) is 2.56. The second kappa shape index (κ2) is 21.4. The summed E-state index contributed by atoms with van der Waals surface area (Å²) in [6.45, 7) is 1.44. The van der Waals surface area contributed by atoms with Crippen LogP contribution in [0.4, 0.5) is 0 Å². The van der Waals surface area contributed by atoms with E-state index in [0.717, 1.165) is 19.3 Å². The van der Waals surface area contributed by atoms with Crippen LogP contribution in [0.15, 0.2) is 0 Å². The molecule has 0 amide bonds. The van der Waals surface area contributed by atoms with E-state index in [1.54, 1.807) is 0 Å². The van der Waals surface area contributed by atoms with Crippen LogP contribution in [-0.4, -0.2) is 60.8 Å². The summed E-state index contributed by atoms with van der Waals surface area (Å²) in [6.07, 6.45) is 9.38. The van der Waals surface area contributed by atoms with Crippen LogP contribution in [0.1, 0.15) is 72.6 Å². The van der Waals surface area contributed by atoms with Crippen molar-refractivity contribution in [2.75, 3.05) is 19.8 Å². The van der Waals surface area contributed by atoms with Crippen LogP contribution in [-0.2, 0) is 24.2 Å². The number of aliphatic hydroxyl groups is 1. The van der Waals surface area contributed by atoms with Gasteiger partial charge >= 0.3 is 40.0 Å². The van der Waals surface area contributed by atoms with Crippen LogP contribution in [0, 0.1) is 0 Å². The molecule has 0 heterocycles. The summed E-state index contributed by atoms with van der Waals surface area (Å²) in [4.78, 5) is 3.96. The molecular weight excluding hydrogens is 391 g/mol. The Kier molecular flexibility index (Phi) is 25.6. The summed E-state index contributed by atoms with van der Waals surface area (Å²) in [5, 5.41) is 17.7. The average molecular weight is 429 g/mol. The third kappa shape index (κ3) is 21.2. The van der Waals surface area contributed by atoms with Crippen molar-refractivity contribution in [1.29, 1.82) is 0 Å². The minimum atomic E-state index is -4.73. The van der Waals surface area contributed by atoms with Crippen molar-refractivity contribution < 1.29 is 73.6 Å². The first-order valence-corrected chi connectivity index (χ1v) is 10.5. The molecule has 0 fully saturated rings. The van der Waals surface area contributed by atoms with Gasteiger partial charge in [0.1, 0.15) is 18.8 Å². The van der Waals surface area contributed by atoms with E-state index in [4.69, 9.17) is 19.7 Å². The van der Waals surface area contributed by atoms with Gasteiger partial charge in [-0.1, -0.05) is 64.7 Å². The van der Waals surface area contributed by atoms with Crippen molar-refractivity contribution >= 4 is 10.4 Å². The number of ether oxygens (including phenoxy) is 1. The van der Waals surface area contributed by atoms with Gasteiger partial charge in [0.25, 0.3) is 0 Å². The van der Waals surface area contributed by atoms with Crippen molar-refractivity contribution in [3.05, 3.63) is 0 Å². The van der Waals surface area contributed by atoms with E-state index in [-0.39, 0.29) is 43.1 Å². The van der Waals surface area contributed by atoms with Gasteiger partial charge in [-0.2, -0.15) is 8.42 Å². The maximum atomic E-state index is 10.7. The Hall–Kier alpha value is 0.670. The number of hydrogen-bond acceptors (Lipinski definition) is 7. The summed E-state index contributed by atoms with van der Waals surface area (Å²) in [5.74, 6) is 0. The minimum absolute atomic E-state index is 0. The molecule has 0 spiro atoms. The van der Waals surface area contributed by atoms with E-state index in [2.05, 4.69) is 16.0 Å². The van der Waals surface area contributed by atoms with Gasteiger partial charge in [-0.15, -0.1) is 0 Å². The van der Waals surface area contributed by atoms with Gasteiger partial charge in [-0.3, -0.25) is 9.81 Å². The van der Waals surface area contributed by atoms with Crippen LogP contribution < -0.4 is 29.6 Å². The molecule has 0 aliphatic rings. The molecule has 27 heavy (non-hydrogen) atoms. The Labute approximate surface area is 186 Å². The van der Waals surface area contributed by atoms with E-state index >= 15 is 0 Å². The summed E-state index contributed by atoms with van der Waals surface area (Å²) < 4.78 is 39.9. The van der Waals surface area contributed by atoms with Crippen LogP contribution in [0.2, 0.25) is 0 Å². The molecule has 0 rings (SSSR count). The fraction of sp³-hybridized carbons (Fsp3) is 1.00. The van der Waals surface area contributed by atoms with E-state index in [1.165, 1.54) is 44.9 Å². The van der Waals surface area contributed by atoms with E-state index < -0.39 is 29.2 Å². The topological polar surface area (TPSA) is 154 Å². The fourth-order valence-electron chi connectivity index (χ4n) is 2.53. The largest absolute Gasteiger partial charge is 1.00 e. The van der Waals surface area contributed by atoms with Crippen molar-refractivity contribution in [3.63, 3.8) is 0 Å². The molecule has 0 unspecified atom stereocenters. The Morgan fingerprint density at radius 3 is 1.81 bits per heavy atom. The summed E-state index contributed by atoms with van der Waals surface area (Å²) >= 11 is 0. The van der Waals surface area contributed by atoms with Crippen molar-refractivity contribution in [2.24, 2.45) is 0 Å². The summed E-state index contributed by atoms with van der Waals surface area (Å²) in [7, 11) is -4.73. The van der Waals surface area contributed by atoms with Crippen molar-refractivity contribution in [2.45, 2.75) is 83.3 Å². The molecule has 0 aromatic heterocycles. The number of unbranched alkanes of at least 4 members (excludes halogenated alkanes) is 9. The SMILES string of the molecule is CCCCCCCCCCCCO[C@@H](COO)[C@@H](CO)OS(=O)(=O)O.O.[H-].[Na+]. The first-order chi connectivity index (χ1) is 11.9. The first kappa shape index (κ1) is 32.3. The second-order valence-corrected chi connectivity index (χ2v) is 7.18. The van der Waals surface area contributed by atoms with Crippen molar-refractivity contribution in [3.8, 4) is 0 Å². The van der Waals surface area contributed by atoms with E-state index in [1.807, 2.05) is 0 Å².